The molecule has 1 aromatic rings. The molecule has 2 atom stereocenters. The summed E-state index contributed by atoms with van der Waals surface area (Å²) in [6.07, 6.45) is 3.91. The van der Waals surface area contributed by atoms with E-state index in [0.717, 1.165) is 38.2 Å². The molecule has 0 radical (unpaired) electrons. The van der Waals surface area contributed by atoms with Crippen LogP contribution in [0.15, 0.2) is 6.20 Å². The molecule has 6 nitrogen and oxygen atoms in total. The third-order valence-corrected chi connectivity index (χ3v) is 3.65. The molecule has 0 aromatic carbocycles. The van der Waals surface area contributed by atoms with Crippen LogP contribution in [0.2, 0.25) is 0 Å². The standard InChI is InChI=1S/C14H25N3O3/c1-16(2)6-7-17-14(13(19-3)10-15-17)12(18)9-11-5-4-8-20-11/h10-12,18H,4-9H2,1-3H3. The zero-order chi connectivity index (χ0) is 14.5. The van der Waals surface area contributed by atoms with Crippen LogP contribution < -0.4 is 4.74 Å². The third-order valence-electron chi connectivity index (χ3n) is 3.65. The Bertz CT molecular complexity index is 414. The Labute approximate surface area is 120 Å². The summed E-state index contributed by atoms with van der Waals surface area (Å²) in [5.41, 5.74) is 0.754. The minimum Gasteiger partial charge on any atom is -0.493 e. The summed E-state index contributed by atoms with van der Waals surface area (Å²) in [7, 11) is 5.64. The van der Waals surface area contributed by atoms with Crippen LogP contribution in [0, 0.1) is 0 Å². The lowest BCUT2D eigenvalue weighted by atomic mass is 10.1. The molecule has 1 N–H and O–H groups in total. The Kier molecular flexibility index (Phi) is 5.39. The average Bonchev–Trinajstić information content (AvgIpc) is 3.04. The maximum Gasteiger partial charge on any atom is 0.162 e. The van der Waals surface area contributed by atoms with Crippen LogP contribution in [-0.2, 0) is 11.3 Å². The molecule has 1 aliphatic heterocycles. The highest BCUT2D eigenvalue weighted by molar-refractivity contribution is 5.27. The molecule has 6 heteroatoms. The maximum atomic E-state index is 10.5. The zero-order valence-electron chi connectivity index (χ0n) is 12.6. The van der Waals surface area contributed by atoms with Gasteiger partial charge in [0.2, 0.25) is 0 Å². The number of aliphatic hydroxyl groups excluding tert-OH is 1. The van der Waals surface area contributed by atoms with Gasteiger partial charge in [-0.1, -0.05) is 0 Å². The highest BCUT2D eigenvalue weighted by Gasteiger charge is 2.25. The lowest BCUT2D eigenvalue weighted by Crippen LogP contribution is -2.22. The van der Waals surface area contributed by atoms with Crippen molar-refractivity contribution in [2.45, 2.75) is 38.0 Å². The van der Waals surface area contributed by atoms with E-state index in [0.29, 0.717) is 12.2 Å². The van der Waals surface area contributed by atoms with Gasteiger partial charge in [0.25, 0.3) is 0 Å². The van der Waals surface area contributed by atoms with Crippen LogP contribution in [0.5, 0.6) is 5.75 Å². The maximum absolute atomic E-state index is 10.5. The van der Waals surface area contributed by atoms with E-state index in [1.165, 1.54) is 0 Å². The number of ether oxygens (including phenoxy) is 2. The second-order valence-electron chi connectivity index (χ2n) is 5.51. The van der Waals surface area contributed by atoms with Gasteiger partial charge in [-0.05, 0) is 26.9 Å². The van der Waals surface area contributed by atoms with Crippen molar-refractivity contribution in [2.24, 2.45) is 0 Å². The van der Waals surface area contributed by atoms with E-state index in [9.17, 15) is 5.11 Å². The fourth-order valence-electron chi connectivity index (χ4n) is 2.53. The van der Waals surface area contributed by atoms with Gasteiger partial charge in [-0.3, -0.25) is 4.68 Å². The predicted octanol–water partition coefficient (Wildman–Crippen LogP) is 1.06. The number of likely N-dealkylation sites (N-methyl/N-ethyl adjacent to an activating group) is 1. The molecule has 0 saturated carbocycles. The molecule has 0 spiro atoms. The highest BCUT2D eigenvalue weighted by Crippen LogP contribution is 2.30. The summed E-state index contributed by atoms with van der Waals surface area (Å²) in [6, 6.07) is 0. The normalized spacial score (nSPS) is 20.6. The van der Waals surface area contributed by atoms with Crippen LogP contribution in [0.4, 0.5) is 0 Å². The van der Waals surface area contributed by atoms with E-state index >= 15 is 0 Å². The number of hydrogen-bond acceptors (Lipinski definition) is 5. The molecule has 2 heterocycles. The predicted molar refractivity (Wildman–Crippen MR) is 75.9 cm³/mol. The highest BCUT2D eigenvalue weighted by atomic mass is 16.5. The second kappa shape index (κ2) is 7.06. The van der Waals surface area contributed by atoms with Crippen LogP contribution in [-0.4, -0.2) is 60.2 Å². The molecule has 114 valence electrons. The van der Waals surface area contributed by atoms with Gasteiger partial charge >= 0.3 is 0 Å². The topological polar surface area (TPSA) is 59.8 Å². The summed E-state index contributed by atoms with van der Waals surface area (Å²) < 4.78 is 12.7. The largest absolute Gasteiger partial charge is 0.493 e. The van der Waals surface area contributed by atoms with E-state index in [2.05, 4.69) is 10.00 Å². The lowest BCUT2D eigenvalue weighted by Gasteiger charge is -2.19. The van der Waals surface area contributed by atoms with Crippen molar-refractivity contribution in [3.8, 4) is 5.75 Å². The molecule has 2 unspecified atom stereocenters. The van der Waals surface area contributed by atoms with Gasteiger partial charge in [-0.25, -0.2) is 0 Å². The van der Waals surface area contributed by atoms with Crippen LogP contribution in [0.25, 0.3) is 0 Å². The van der Waals surface area contributed by atoms with Gasteiger partial charge < -0.3 is 19.5 Å². The Morgan fingerprint density at radius 2 is 2.40 bits per heavy atom. The van der Waals surface area contributed by atoms with Gasteiger partial charge in [0.15, 0.2) is 5.75 Å². The number of hydrogen-bond donors (Lipinski definition) is 1. The Hall–Kier alpha value is -1.11. The van der Waals surface area contributed by atoms with Crippen molar-refractivity contribution in [3.05, 3.63) is 11.9 Å². The first-order valence-electron chi connectivity index (χ1n) is 7.16. The first-order chi connectivity index (χ1) is 9.61. The molecule has 0 aliphatic carbocycles. The smallest absolute Gasteiger partial charge is 0.162 e. The number of rotatable bonds is 7. The molecule has 1 aliphatic rings. The fourth-order valence-corrected chi connectivity index (χ4v) is 2.53. The molecule has 1 aromatic heterocycles. The van der Waals surface area contributed by atoms with Gasteiger partial charge in [-0.15, -0.1) is 0 Å². The van der Waals surface area contributed by atoms with E-state index in [4.69, 9.17) is 9.47 Å². The summed E-state index contributed by atoms with van der Waals surface area (Å²) in [5.74, 6) is 0.647. The summed E-state index contributed by atoms with van der Waals surface area (Å²) in [5, 5.41) is 14.8. The van der Waals surface area contributed by atoms with Crippen LogP contribution >= 0.6 is 0 Å². The van der Waals surface area contributed by atoms with Crippen molar-refractivity contribution in [3.63, 3.8) is 0 Å². The minimum absolute atomic E-state index is 0.145. The monoisotopic (exact) mass is 283 g/mol. The first-order valence-corrected chi connectivity index (χ1v) is 7.16. The van der Waals surface area contributed by atoms with Gasteiger partial charge in [0, 0.05) is 19.6 Å². The van der Waals surface area contributed by atoms with Crippen molar-refractivity contribution < 1.29 is 14.6 Å². The molecule has 20 heavy (non-hydrogen) atoms. The third kappa shape index (κ3) is 3.71. The van der Waals surface area contributed by atoms with E-state index in [1.54, 1.807) is 13.3 Å². The average molecular weight is 283 g/mol. The molecule has 0 amide bonds. The SMILES string of the molecule is COc1cnn(CCN(C)C)c1C(O)CC1CCCO1. The van der Waals surface area contributed by atoms with Crippen molar-refractivity contribution in [1.29, 1.82) is 0 Å². The lowest BCUT2D eigenvalue weighted by molar-refractivity contribution is 0.0489. The van der Waals surface area contributed by atoms with E-state index in [1.807, 2.05) is 18.8 Å². The summed E-state index contributed by atoms with van der Waals surface area (Å²) in [4.78, 5) is 2.09. The first kappa shape index (κ1) is 15.3. The summed E-state index contributed by atoms with van der Waals surface area (Å²) >= 11 is 0. The van der Waals surface area contributed by atoms with Crippen LogP contribution in [0.1, 0.15) is 31.1 Å². The quantitative estimate of drug-likeness (QED) is 0.810. The van der Waals surface area contributed by atoms with Crippen LogP contribution in [0.3, 0.4) is 0 Å². The van der Waals surface area contributed by atoms with Crippen molar-refractivity contribution in [2.75, 3.05) is 34.4 Å². The zero-order valence-corrected chi connectivity index (χ0v) is 12.6. The van der Waals surface area contributed by atoms with E-state index in [-0.39, 0.29) is 6.10 Å². The molecular formula is C14H25N3O3. The minimum atomic E-state index is -0.599. The van der Waals surface area contributed by atoms with Gasteiger partial charge in [0.05, 0.1) is 26.0 Å². The van der Waals surface area contributed by atoms with Crippen molar-refractivity contribution >= 4 is 0 Å². The number of nitrogens with zero attached hydrogens (tertiary/aromatic N) is 3. The number of aliphatic hydroxyl groups is 1. The second-order valence-corrected chi connectivity index (χ2v) is 5.51. The van der Waals surface area contributed by atoms with Gasteiger partial charge in [-0.2, -0.15) is 5.10 Å². The molecular weight excluding hydrogens is 258 g/mol. The van der Waals surface area contributed by atoms with E-state index < -0.39 is 6.10 Å². The Balaban J connectivity index is 2.07. The molecule has 0 bridgehead atoms. The number of methoxy groups -OCH3 is 1. The fraction of sp³-hybridized carbons (Fsp3) is 0.786. The molecule has 1 fully saturated rings. The molecule has 2 rings (SSSR count). The Morgan fingerprint density at radius 1 is 1.60 bits per heavy atom. The summed E-state index contributed by atoms with van der Waals surface area (Å²) in [6.45, 7) is 2.40. The molecule has 1 saturated heterocycles. The van der Waals surface area contributed by atoms with Gasteiger partial charge in [0.1, 0.15) is 11.8 Å². The Morgan fingerprint density at radius 3 is 3.00 bits per heavy atom. The number of aromatic nitrogens is 2. The van der Waals surface area contributed by atoms with Crippen molar-refractivity contribution in [1.82, 2.24) is 14.7 Å².